The molecule has 1 fully saturated rings. The highest BCUT2D eigenvalue weighted by Gasteiger charge is 2.47. The second kappa shape index (κ2) is 9.95. The third kappa shape index (κ3) is 7.42. The van der Waals surface area contributed by atoms with Gasteiger partial charge in [-0.25, -0.2) is 17.9 Å². The lowest BCUT2D eigenvalue weighted by Gasteiger charge is -2.35. The molecule has 30 heavy (non-hydrogen) atoms. The molecule has 3 N–H and O–H groups in total. The quantitative estimate of drug-likeness (QED) is 0.505. The normalized spacial score (nSPS) is 21.9. The van der Waals surface area contributed by atoms with E-state index in [-0.39, 0.29) is 25.3 Å². The molecule has 0 aromatic carbocycles. The Balaban J connectivity index is 3.19. The number of carboxylic acid groups (broad SMARTS) is 1. The highest BCUT2D eigenvalue weighted by Crippen LogP contribution is 2.29. The third-order valence-corrected chi connectivity index (χ3v) is 5.61. The number of nitrogens with zero attached hydrogens (tertiary/aromatic N) is 1. The van der Waals surface area contributed by atoms with Crippen molar-refractivity contribution in [2.45, 2.75) is 78.1 Å². The zero-order valence-electron chi connectivity index (χ0n) is 18.8. The van der Waals surface area contributed by atoms with Gasteiger partial charge in [0.05, 0.1) is 18.2 Å². The van der Waals surface area contributed by atoms with E-state index in [0.717, 1.165) is 6.26 Å². The molecule has 0 bridgehead atoms. The number of carbonyl (C=O) groups is 3. The van der Waals surface area contributed by atoms with Gasteiger partial charge in [-0.1, -0.05) is 20.8 Å². The Morgan fingerprint density at radius 1 is 1.23 bits per heavy atom. The molecular formula is C19H35N3O7S. The maximum Gasteiger partial charge on any atom is 0.408 e. The van der Waals surface area contributed by atoms with Gasteiger partial charge in [-0.05, 0) is 39.5 Å². The van der Waals surface area contributed by atoms with E-state index in [1.165, 1.54) is 4.90 Å². The van der Waals surface area contributed by atoms with Gasteiger partial charge in [0, 0.05) is 12.6 Å². The van der Waals surface area contributed by atoms with Crippen molar-refractivity contribution in [3.05, 3.63) is 0 Å². The van der Waals surface area contributed by atoms with E-state index in [9.17, 15) is 27.9 Å². The molecule has 11 heteroatoms. The van der Waals surface area contributed by atoms with Crippen LogP contribution in [0.1, 0.15) is 54.4 Å². The smallest absolute Gasteiger partial charge is 0.408 e. The lowest BCUT2D eigenvalue weighted by Crippen LogP contribution is -2.58. The molecule has 1 aliphatic rings. The number of carboxylic acids is 1. The molecule has 1 saturated heterocycles. The molecule has 174 valence electrons. The van der Waals surface area contributed by atoms with Crippen LogP contribution in [0.3, 0.4) is 0 Å². The fourth-order valence-corrected chi connectivity index (χ4v) is 4.47. The first-order valence-electron chi connectivity index (χ1n) is 10.1. The van der Waals surface area contributed by atoms with Crippen molar-refractivity contribution in [2.24, 2.45) is 11.8 Å². The first-order chi connectivity index (χ1) is 13.6. The molecule has 1 heterocycles. The lowest BCUT2D eigenvalue weighted by atomic mass is 9.91. The number of nitrogens with one attached hydrogen (secondary N) is 2. The Morgan fingerprint density at radius 3 is 2.20 bits per heavy atom. The van der Waals surface area contributed by atoms with Crippen molar-refractivity contribution in [1.29, 1.82) is 0 Å². The molecule has 0 spiro atoms. The Labute approximate surface area is 178 Å². The summed E-state index contributed by atoms with van der Waals surface area (Å²) in [7, 11) is -3.60. The maximum atomic E-state index is 13.3. The predicted octanol–water partition coefficient (Wildman–Crippen LogP) is 1.17. The fourth-order valence-electron chi connectivity index (χ4n) is 3.66. The molecular weight excluding hydrogens is 414 g/mol. The topological polar surface area (TPSA) is 142 Å². The molecule has 4 atom stereocenters. The van der Waals surface area contributed by atoms with Gasteiger partial charge in [-0.15, -0.1) is 0 Å². The van der Waals surface area contributed by atoms with Crippen LogP contribution >= 0.6 is 0 Å². The second-order valence-electron chi connectivity index (χ2n) is 9.03. The van der Waals surface area contributed by atoms with Gasteiger partial charge in [0.15, 0.2) is 0 Å². The van der Waals surface area contributed by atoms with E-state index in [2.05, 4.69) is 10.0 Å². The van der Waals surface area contributed by atoms with Crippen molar-refractivity contribution in [1.82, 2.24) is 14.9 Å². The van der Waals surface area contributed by atoms with Crippen molar-refractivity contribution >= 4 is 28.0 Å². The molecule has 0 aromatic heterocycles. The zero-order valence-corrected chi connectivity index (χ0v) is 19.6. The molecule has 1 aliphatic heterocycles. The number of rotatable bonds is 8. The highest BCUT2D eigenvalue weighted by molar-refractivity contribution is 7.88. The SMILES string of the molecule is CC[C@H](C(=O)O)[C@@H]1[C@@H](NS(C)(=O)=O)CCN1C(=O)[C@@H](NC(=O)OC(C)(C)C)C(C)C. The first-order valence-corrected chi connectivity index (χ1v) is 12.0. The Morgan fingerprint density at radius 2 is 1.80 bits per heavy atom. The highest BCUT2D eigenvalue weighted by atomic mass is 32.2. The number of alkyl carbamates (subject to hydrolysis) is 1. The van der Waals surface area contributed by atoms with Crippen LogP contribution in [0, 0.1) is 11.8 Å². The summed E-state index contributed by atoms with van der Waals surface area (Å²) in [6.07, 6.45) is 0.751. The summed E-state index contributed by atoms with van der Waals surface area (Å²) in [5, 5.41) is 12.2. The monoisotopic (exact) mass is 449 g/mol. The minimum absolute atomic E-state index is 0.180. The number of amides is 2. The van der Waals surface area contributed by atoms with Crippen molar-refractivity contribution in [2.75, 3.05) is 12.8 Å². The van der Waals surface area contributed by atoms with Gasteiger partial charge in [-0.2, -0.15) is 0 Å². The van der Waals surface area contributed by atoms with Crippen LogP contribution in [-0.2, 0) is 24.3 Å². The number of sulfonamides is 1. The van der Waals surface area contributed by atoms with Crippen LogP contribution in [-0.4, -0.2) is 72.9 Å². The summed E-state index contributed by atoms with van der Waals surface area (Å²) in [5.74, 6) is -2.82. The van der Waals surface area contributed by atoms with Crippen LogP contribution in [0.2, 0.25) is 0 Å². The van der Waals surface area contributed by atoms with E-state index < -0.39 is 57.6 Å². The van der Waals surface area contributed by atoms with E-state index in [1.807, 2.05) is 0 Å². The number of hydrogen-bond donors (Lipinski definition) is 3. The number of likely N-dealkylation sites (tertiary alicyclic amines) is 1. The van der Waals surface area contributed by atoms with E-state index in [1.54, 1.807) is 41.5 Å². The minimum atomic E-state index is -3.60. The average molecular weight is 450 g/mol. The molecule has 0 unspecified atom stereocenters. The van der Waals surface area contributed by atoms with Crippen LogP contribution in [0.15, 0.2) is 0 Å². The van der Waals surface area contributed by atoms with Gasteiger partial charge < -0.3 is 20.1 Å². The Hall–Kier alpha value is -1.88. The Bertz CT molecular complexity index is 746. The van der Waals surface area contributed by atoms with Gasteiger partial charge in [0.25, 0.3) is 0 Å². The number of carbonyl (C=O) groups excluding carboxylic acids is 2. The lowest BCUT2D eigenvalue weighted by molar-refractivity contribution is -0.147. The van der Waals surface area contributed by atoms with Crippen LogP contribution in [0.5, 0.6) is 0 Å². The summed E-state index contributed by atoms with van der Waals surface area (Å²) in [5.41, 5.74) is -0.744. The molecule has 0 radical (unpaired) electrons. The van der Waals surface area contributed by atoms with E-state index in [0.29, 0.717) is 0 Å². The molecule has 0 saturated carbocycles. The fraction of sp³-hybridized carbons (Fsp3) is 0.842. The van der Waals surface area contributed by atoms with Gasteiger partial charge in [0.2, 0.25) is 15.9 Å². The number of hydrogen-bond acceptors (Lipinski definition) is 6. The molecule has 1 rings (SSSR count). The third-order valence-electron chi connectivity index (χ3n) is 4.88. The van der Waals surface area contributed by atoms with Crippen LogP contribution in [0.4, 0.5) is 4.79 Å². The molecule has 0 aromatic rings. The van der Waals surface area contributed by atoms with Gasteiger partial charge in [0.1, 0.15) is 11.6 Å². The van der Waals surface area contributed by atoms with E-state index >= 15 is 0 Å². The summed E-state index contributed by atoms with van der Waals surface area (Å²) >= 11 is 0. The zero-order chi connectivity index (χ0) is 23.4. The largest absolute Gasteiger partial charge is 0.481 e. The minimum Gasteiger partial charge on any atom is -0.481 e. The predicted molar refractivity (Wildman–Crippen MR) is 111 cm³/mol. The van der Waals surface area contributed by atoms with Crippen LogP contribution in [0.25, 0.3) is 0 Å². The van der Waals surface area contributed by atoms with Crippen molar-refractivity contribution in [3.8, 4) is 0 Å². The van der Waals surface area contributed by atoms with Crippen molar-refractivity contribution < 1.29 is 32.6 Å². The summed E-state index contributed by atoms with van der Waals surface area (Å²) in [6.45, 7) is 10.5. The van der Waals surface area contributed by atoms with Crippen LogP contribution < -0.4 is 10.0 Å². The maximum absolute atomic E-state index is 13.3. The Kier molecular flexibility index (Phi) is 8.68. The summed E-state index contributed by atoms with van der Waals surface area (Å²) in [6, 6.07) is -2.53. The standard InChI is InChI=1S/C19H35N3O7S/c1-8-12(17(24)25)15-13(21-30(7,27)28)9-10-22(15)16(23)14(11(2)3)20-18(26)29-19(4,5)6/h11-15,21H,8-10H2,1-7H3,(H,20,26)(H,24,25)/t12-,13-,14-,15+/m0/s1. The first kappa shape index (κ1) is 26.2. The summed E-state index contributed by atoms with van der Waals surface area (Å²) < 4.78 is 31.3. The molecule has 2 amide bonds. The molecule has 10 nitrogen and oxygen atoms in total. The van der Waals surface area contributed by atoms with E-state index in [4.69, 9.17) is 4.74 Å². The molecule has 0 aliphatic carbocycles. The van der Waals surface area contributed by atoms with Crippen molar-refractivity contribution in [3.63, 3.8) is 0 Å². The second-order valence-corrected chi connectivity index (χ2v) is 10.8. The number of ether oxygens (including phenoxy) is 1. The van der Waals surface area contributed by atoms with Gasteiger partial charge in [-0.3, -0.25) is 9.59 Å². The average Bonchev–Trinajstić information content (AvgIpc) is 2.92. The number of aliphatic carboxylic acids is 1. The van der Waals surface area contributed by atoms with Gasteiger partial charge >= 0.3 is 12.1 Å². The summed E-state index contributed by atoms with van der Waals surface area (Å²) in [4.78, 5) is 38.8.